The summed E-state index contributed by atoms with van der Waals surface area (Å²) >= 11 is 1.35. The van der Waals surface area contributed by atoms with Gasteiger partial charge in [-0.1, -0.05) is 11.3 Å². The van der Waals surface area contributed by atoms with Gasteiger partial charge < -0.3 is 4.74 Å². The number of rotatable bonds is 6. The summed E-state index contributed by atoms with van der Waals surface area (Å²) in [7, 11) is 0. The Balaban J connectivity index is 1.31. The van der Waals surface area contributed by atoms with Gasteiger partial charge in [0.2, 0.25) is 11.0 Å². The van der Waals surface area contributed by atoms with Crippen molar-refractivity contribution >= 4 is 22.4 Å². The molecule has 2 fully saturated rings. The molecule has 8 heteroatoms. The maximum absolute atomic E-state index is 12.0. The van der Waals surface area contributed by atoms with Crippen LogP contribution in [0.1, 0.15) is 19.3 Å². The molecule has 0 unspecified atom stereocenters. The molecule has 3 rings (SSSR count). The maximum atomic E-state index is 12.0. The molecule has 0 aromatic carbocycles. The van der Waals surface area contributed by atoms with Crippen molar-refractivity contribution in [1.82, 2.24) is 20.0 Å². The molecular formula is C15H25N5O2S. The van der Waals surface area contributed by atoms with Gasteiger partial charge in [-0.15, -0.1) is 10.2 Å². The van der Waals surface area contributed by atoms with Gasteiger partial charge in [0.05, 0.1) is 19.8 Å². The highest BCUT2D eigenvalue weighted by Gasteiger charge is 2.22. The normalized spacial score (nSPS) is 21.4. The molecule has 23 heavy (non-hydrogen) atoms. The molecule has 2 saturated heterocycles. The van der Waals surface area contributed by atoms with Crippen LogP contribution in [0.15, 0.2) is 5.51 Å². The average molecular weight is 339 g/mol. The Morgan fingerprint density at radius 3 is 2.74 bits per heavy atom. The number of amides is 1. The number of aromatic nitrogens is 2. The number of hydrogen-bond acceptors (Lipinski definition) is 7. The second-order valence-corrected chi connectivity index (χ2v) is 7.09. The largest absolute Gasteiger partial charge is 0.379 e. The van der Waals surface area contributed by atoms with E-state index in [1.165, 1.54) is 37.1 Å². The van der Waals surface area contributed by atoms with Gasteiger partial charge in [-0.3, -0.25) is 19.9 Å². The Hall–Kier alpha value is -1.09. The highest BCUT2D eigenvalue weighted by molar-refractivity contribution is 7.13. The van der Waals surface area contributed by atoms with E-state index in [4.69, 9.17) is 4.74 Å². The lowest BCUT2D eigenvalue weighted by atomic mass is 9.93. The molecule has 0 saturated carbocycles. The Labute approximate surface area is 141 Å². The maximum Gasteiger partial charge on any atom is 0.240 e. The number of likely N-dealkylation sites (tertiary alicyclic amines) is 1. The van der Waals surface area contributed by atoms with Crippen LogP contribution in [0.4, 0.5) is 5.13 Å². The predicted molar refractivity (Wildman–Crippen MR) is 89.6 cm³/mol. The molecule has 0 spiro atoms. The third-order valence-electron chi connectivity index (χ3n) is 4.64. The van der Waals surface area contributed by atoms with Crippen LogP contribution in [0.3, 0.4) is 0 Å². The lowest BCUT2D eigenvalue weighted by Crippen LogP contribution is -2.41. The molecule has 7 nitrogen and oxygen atoms in total. The molecule has 0 atom stereocenters. The van der Waals surface area contributed by atoms with Crippen LogP contribution in [-0.2, 0) is 9.53 Å². The van der Waals surface area contributed by atoms with E-state index in [0.29, 0.717) is 11.7 Å². The Morgan fingerprint density at radius 2 is 2.04 bits per heavy atom. The molecule has 2 aliphatic rings. The van der Waals surface area contributed by atoms with Gasteiger partial charge in [0, 0.05) is 13.1 Å². The molecule has 1 aromatic heterocycles. The average Bonchev–Trinajstić information content (AvgIpc) is 3.08. The number of anilines is 1. The smallest absolute Gasteiger partial charge is 0.240 e. The number of carbonyl (C=O) groups excluding carboxylic acids is 1. The van der Waals surface area contributed by atoms with Crippen LogP contribution in [0.5, 0.6) is 0 Å². The first-order chi connectivity index (χ1) is 11.3. The van der Waals surface area contributed by atoms with E-state index in [1.54, 1.807) is 5.51 Å². The molecule has 128 valence electrons. The van der Waals surface area contributed by atoms with Crippen LogP contribution in [0, 0.1) is 5.92 Å². The fraction of sp³-hybridized carbons (Fsp3) is 0.800. The minimum absolute atomic E-state index is 0.00789. The van der Waals surface area contributed by atoms with Crippen molar-refractivity contribution in [3.05, 3.63) is 5.51 Å². The van der Waals surface area contributed by atoms with Gasteiger partial charge in [0.1, 0.15) is 5.51 Å². The van der Waals surface area contributed by atoms with Crippen LogP contribution >= 0.6 is 11.3 Å². The first kappa shape index (κ1) is 16.8. The van der Waals surface area contributed by atoms with Crippen molar-refractivity contribution < 1.29 is 9.53 Å². The molecular weight excluding hydrogens is 314 g/mol. The number of nitrogens with one attached hydrogen (secondary N) is 1. The van der Waals surface area contributed by atoms with Crippen molar-refractivity contribution in [2.75, 3.05) is 57.8 Å². The molecule has 0 bridgehead atoms. The summed E-state index contributed by atoms with van der Waals surface area (Å²) in [5.74, 6) is 0.800. The zero-order chi connectivity index (χ0) is 15.9. The lowest BCUT2D eigenvalue weighted by molar-refractivity contribution is -0.117. The lowest BCUT2D eigenvalue weighted by Gasteiger charge is -2.33. The third-order valence-corrected chi connectivity index (χ3v) is 5.24. The minimum atomic E-state index is 0.00789. The topological polar surface area (TPSA) is 70.6 Å². The van der Waals surface area contributed by atoms with Crippen molar-refractivity contribution in [2.45, 2.75) is 19.3 Å². The summed E-state index contributed by atoms with van der Waals surface area (Å²) in [4.78, 5) is 16.7. The standard InChI is InChI=1S/C15H25N5O2S/c21-14(17-15-18-16-12-23-15)11-20-5-2-13(3-6-20)1-4-19-7-9-22-10-8-19/h12-13H,1-11H2,(H,17,18,21). The molecule has 1 N–H and O–H groups in total. The van der Waals surface area contributed by atoms with E-state index < -0.39 is 0 Å². The van der Waals surface area contributed by atoms with Gasteiger partial charge in [0.15, 0.2) is 0 Å². The van der Waals surface area contributed by atoms with Crippen molar-refractivity contribution in [3.8, 4) is 0 Å². The summed E-state index contributed by atoms with van der Waals surface area (Å²) < 4.78 is 5.39. The van der Waals surface area contributed by atoms with Crippen molar-refractivity contribution in [1.29, 1.82) is 0 Å². The number of morpholine rings is 1. The molecule has 0 aliphatic carbocycles. The molecule has 0 radical (unpaired) electrons. The zero-order valence-corrected chi connectivity index (χ0v) is 14.3. The second-order valence-electron chi connectivity index (χ2n) is 6.25. The van der Waals surface area contributed by atoms with Gasteiger partial charge in [-0.05, 0) is 44.8 Å². The Bertz CT molecular complexity index is 470. The van der Waals surface area contributed by atoms with Crippen LogP contribution < -0.4 is 5.32 Å². The van der Waals surface area contributed by atoms with Crippen LogP contribution in [0.25, 0.3) is 0 Å². The number of hydrogen-bond donors (Lipinski definition) is 1. The second kappa shape index (κ2) is 8.68. The number of ether oxygens (including phenoxy) is 1. The monoisotopic (exact) mass is 339 g/mol. The quantitative estimate of drug-likeness (QED) is 0.831. The van der Waals surface area contributed by atoms with Crippen LogP contribution in [-0.4, -0.2) is 78.4 Å². The zero-order valence-electron chi connectivity index (χ0n) is 13.4. The van der Waals surface area contributed by atoms with E-state index in [1.807, 2.05) is 0 Å². The van der Waals surface area contributed by atoms with E-state index in [2.05, 4.69) is 25.3 Å². The fourth-order valence-corrected chi connectivity index (χ4v) is 3.67. The van der Waals surface area contributed by atoms with E-state index in [0.717, 1.165) is 45.3 Å². The highest BCUT2D eigenvalue weighted by Crippen LogP contribution is 2.21. The summed E-state index contributed by atoms with van der Waals surface area (Å²) in [5, 5.41) is 10.9. The van der Waals surface area contributed by atoms with Gasteiger partial charge in [-0.2, -0.15) is 0 Å². The first-order valence-electron chi connectivity index (χ1n) is 8.38. The summed E-state index contributed by atoms with van der Waals surface area (Å²) in [6.45, 7) is 7.57. The highest BCUT2D eigenvalue weighted by atomic mass is 32.1. The Morgan fingerprint density at radius 1 is 1.26 bits per heavy atom. The summed E-state index contributed by atoms with van der Waals surface area (Å²) in [6, 6.07) is 0. The fourth-order valence-electron chi connectivity index (χ4n) is 3.21. The van der Waals surface area contributed by atoms with Gasteiger partial charge in [0.25, 0.3) is 0 Å². The van der Waals surface area contributed by atoms with Crippen molar-refractivity contribution in [3.63, 3.8) is 0 Å². The van der Waals surface area contributed by atoms with E-state index >= 15 is 0 Å². The number of nitrogens with zero attached hydrogens (tertiary/aromatic N) is 4. The van der Waals surface area contributed by atoms with Gasteiger partial charge >= 0.3 is 0 Å². The predicted octanol–water partition coefficient (Wildman–Crippen LogP) is 0.911. The minimum Gasteiger partial charge on any atom is -0.379 e. The van der Waals surface area contributed by atoms with E-state index in [-0.39, 0.29) is 5.91 Å². The Kier molecular flexibility index (Phi) is 6.32. The molecule has 2 aliphatic heterocycles. The number of carbonyl (C=O) groups is 1. The van der Waals surface area contributed by atoms with E-state index in [9.17, 15) is 4.79 Å². The summed E-state index contributed by atoms with van der Waals surface area (Å²) in [6.07, 6.45) is 3.65. The van der Waals surface area contributed by atoms with Crippen molar-refractivity contribution in [2.24, 2.45) is 5.92 Å². The van der Waals surface area contributed by atoms with Crippen LogP contribution in [0.2, 0.25) is 0 Å². The molecule has 3 heterocycles. The third kappa shape index (κ3) is 5.49. The SMILES string of the molecule is O=C(CN1CCC(CCN2CCOCC2)CC1)Nc1nncs1. The first-order valence-corrected chi connectivity index (χ1v) is 9.26. The molecule has 1 aromatic rings. The number of piperidine rings is 1. The molecule has 1 amide bonds. The van der Waals surface area contributed by atoms with Gasteiger partial charge in [-0.25, -0.2) is 0 Å². The summed E-state index contributed by atoms with van der Waals surface area (Å²) in [5.41, 5.74) is 1.62.